The van der Waals surface area contributed by atoms with Crippen LogP contribution in [0.1, 0.15) is 11.3 Å². The van der Waals surface area contributed by atoms with Crippen molar-refractivity contribution >= 4 is 11.9 Å². The van der Waals surface area contributed by atoms with Crippen LogP contribution in [0.25, 0.3) is 0 Å². The van der Waals surface area contributed by atoms with E-state index in [1.165, 1.54) is 0 Å². The van der Waals surface area contributed by atoms with E-state index in [0.717, 1.165) is 17.7 Å². The first-order valence-electron chi connectivity index (χ1n) is 4.96. The Morgan fingerprint density at radius 2 is 2.25 bits per heavy atom. The van der Waals surface area contributed by atoms with Crippen LogP contribution in [-0.4, -0.2) is 25.5 Å². The van der Waals surface area contributed by atoms with E-state index in [1.807, 2.05) is 13.0 Å². The molecule has 0 atom stereocenters. The molecule has 0 aliphatic carbocycles. The molecule has 1 aromatic rings. The van der Waals surface area contributed by atoms with Crippen LogP contribution in [0.3, 0.4) is 0 Å². The molecule has 0 saturated carbocycles. The van der Waals surface area contributed by atoms with Crippen molar-refractivity contribution in [2.24, 2.45) is 21.5 Å². The summed E-state index contributed by atoms with van der Waals surface area (Å²) in [6, 6.07) is 1.99. The number of nitrogens with two attached hydrogens (primary N) is 2. The summed E-state index contributed by atoms with van der Waals surface area (Å²) in [5.41, 5.74) is 11.6. The summed E-state index contributed by atoms with van der Waals surface area (Å²) in [5.74, 6) is 1.33. The van der Waals surface area contributed by atoms with Crippen molar-refractivity contribution < 1.29 is 4.42 Å². The summed E-state index contributed by atoms with van der Waals surface area (Å²) in [5, 5.41) is 3.02. The molecule has 0 saturated heterocycles. The van der Waals surface area contributed by atoms with E-state index in [4.69, 9.17) is 15.9 Å². The number of guanidine groups is 2. The molecule has 1 aromatic heterocycles. The minimum Gasteiger partial charge on any atom is -0.469 e. The Labute approximate surface area is 94.4 Å². The molecule has 6 nitrogen and oxygen atoms in total. The van der Waals surface area contributed by atoms with Gasteiger partial charge in [0.25, 0.3) is 0 Å². The number of hydrogen-bond acceptors (Lipinski definition) is 2. The summed E-state index contributed by atoms with van der Waals surface area (Å²) in [7, 11) is 1.62. The van der Waals surface area contributed by atoms with Crippen LogP contribution in [0.4, 0.5) is 0 Å². The SMILES string of the molecule is CN=C(N=C(N)N)NCCc1coc(C)c1. The number of aliphatic imine (C=N–C) groups is 2. The fraction of sp³-hybridized carbons (Fsp3) is 0.400. The molecule has 0 spiro atoms. The van der Waals surface area contributed by atoms with Crippen LogP contribution in [0.15, 0.2) is 26.7 Å². The van der Waals surface area contributed by atoms with Gasteiger partial charge in [-0.05, 0) is 25.0 Å². The summed E-state index contributed by atoms with van der Waals surface area (Å²) in [6.45, 7) is 2.61. The monoisotopic (exact) mass is 223 g/mol. The molecular weight excluding hydrogens is 206 g/mol. The van der Waals surface area contributed by atoms with Crippen molar-refractivity contribution in [3.8, 4) is 0 Å². The molecule has 0 aliphatic heterocycles. The third-order valence-corrected chi connectivity index (χ3v) is 1.93. The number of rotatable bonds is 3. The average molecular weight is 223 g/mol. The molecule has 88 valence electrons. The number of aryl methyl sites for hydroxylation is 1. The second-order valence-corrected chi connectivity index (χ2v) is 3.33. The van der Waals surface area contributed by atoms with Gasteiger partial charge in [0, 0.05) is 13.6 Å². The van der Waals surface area contributed by atoms with Crippen molar-refractivity contribution in [3.05, 3.63) is 23.7 Å². The highest BCUT2D eigenvalue weighted by molar-refractivity contribution is 5.93. The maximum absolute atomic E-state index is 5.25. The van der Waals surface area contributed by atoms with Gasteiger partial charge in [0.05, 0.1) is 6.26 Å². The topological polar surface area (TPSA) is 102 Å². The number of nitrogens with one attached hydrogen (secondary N) is 1. The molecule has 1 heterocycles. The van der Waals surface area contributed by atoms with Crippen molar-refractivity contribution in [1.82, 2.24) is 5.32 Å². The summed E-state index contributed by atoms with van der Waals surface area (Å²) in [4.78, 5) is 7.72. The summed E-state index contributed by atoms with van der Waals surface area (Å²) in [6.07, 6.45) is 2.57. The normalized spacial score (nSPS) is 11.2. The first-order valence-corrected chi connectivity index (χ1v) is 4.96. The smallest absolute Gasteiger partial charge is 0.220 e. The second-order valence-electron chi connectivity index (χ2n) is 3.33. The third-order valence-electron chi connectivity index (χ3n) is 1.93. The number of hydrogen-bond donors (Lipinski definition) is 3. The van der Waals surface area contributed by atoms with Gasteiger partial charge in [0.1, 0.15) is 5.76 Å². The third kappa shape index (κ3) is 4.04. The lowest BCUT2D eigenvalue weighted by molar-refractivity contribution is 0.531. The minimum atomic E-state index is -0.00717. The molecule has 5 N–H and O–H groups in total. The van der Waals surface area contributed by atoms with Crippen LogP contribution < -0.4 is 16.8 Å². The molecule has 0 amide bonds. The van der Waals surface area contributed by atoms with Crippen LogP contribution in [0.5, 0.6) is 0 Å². The Morgan fingerprint density at radius 3 is 2.75 bits per heavy atom. The van der Waals surface area contributed by atoms with E-state index in [9.17, 15) is 0 Å². The first-order chi connectivity index (χ1) is 7.61. The van der Waals surface area contributed by atoms with Gasteiger partial charge in [0.15, 0.2) is 5.96 Å². The van der Waals surface area contributed by atoms with Crippen LogP contribution in [0, 0.1) is 6.92 Å². The zero-order chi connectivity index (χ0) is 12.0. The van der Waals surface area contributed by atoms with Gasteiger partial charge < -0.3 is 21.2 Å². The molecule has 0 unspecified atom stereocenters. The van der Waals surface area contributed by atoms with E-state index in [2.05, 4.69) is 15.3 Å². The van der Waals surface area contributed by atoms with Gasteiger partial charge in [-0.3, -0.25) is 4.99 Å². The van der Waals surface area contributed by atoms with Crippen LogP contribution in [0.2, 0.25) is 0 Å². The second kappa shape index (κ2) is 5.79. The molecule has 0 fully saturated rings. The highest BCUT2D eigenvalue weighted by Gasteiger charge is 1.99. The van der Waals surface area contributed by atoms with Crippen molar-refractivity contribution in [2.75, 3.05) is 13.6 Å². The van der Waals surface area contributed by atoms with Gasteiger partial charge in [0.2, 0.25) is 5.96 Å². The van der Waals surface area contributed by atoms with Gasteiger partial charge in [-0.15, -0.1) is 0 Å². The van der Waals surface area contributed by atoms with E-state index in [-0.39, 0.29) is 5.96 Å². The molecule has 1 rings (SSSR count). The molecule has 0 bridgehead atoms. The molecule has 16 heavy (non-hydrogen) atoms. The Hall–Kier alpha value is -1.98. The van der Waals surface area contributed by atoms with E-state index in [0.29, 0.717) is 12.5 Å². The van der Waals surface area contributed by atoms with E-state index < -0.39 is 0 Å². The lowest BCUT2D eigenvalue weighted by Gasteiger charge is -2.03. The van der Waals surface area contributed by atoms with Crippen LogP contribution >= 0.6 is 0 Å². The zero-order valence-corrected chi connectivity index (χ0v) is 9.53. The van der Waals surface area contributed by atoms with Crippen molar-refractivity contribution in [1.29, 1.82) is 0 Å². The quantitative estimate of drug-likeness (QED) is 0.495. The Balaban J connectivity index is 2.37. The fourth-order valence-corrected chi connectivity index (χ4v) is 1.24. The molecule has 0 aromatic carbocycles. The van der Waals surface area contributed by atoms with Crippen molar-refractivity contribution in [3.63, 3.8) is 0 Å². The lowest BCUT2D eigenvalue weighted by atomic mass is 10.2. The molecule has 6 heteroatoms. The largest absolute Gasteiger partial charge is 0.469 e. The van der Waals surface area contributed by atoms with Crippen LogP contribution in [-0.2, 0) is 6.42 Å². The Morgan fingerprint density at radius 1 is 1.50 bits per heavy atom. The highest BCUT2D eigenvalue weighted by atomic mass is 16.3. The summed E-state index contributed by atoms with van der Waals surface area (Å²) < 4.78 is 5.19. The standard InChI is InChI=1S/C10H17N5O/c1-7-5-8(6-16-7)3-4-14-10(13-2)15-9(11)12/h5-6H,3-4H2,1-2H3,(H5,11,12,13,14,15). The minimum absolute atomic E-state index is 0.00717. The molecule has 0 aliphatic rings. The zero-order valence-electron chi connectivity index (χ0n) is 9.53. The molecular formula is C10H17N5O. The highest BCUT2D eigenvalue weighted by Crippen LogP contribution is 2.05. The van der Waals surface area contributed by atoms with Crippen molar-refractivity contribution in [2.45, 2.75) is 13.3 Å². The van der Waals surface area contributed by atoms with E-state index in [1.54, 1.807) is 13.3 Å². The number of nitrogens with zero attached hydrogens (tertiary/aromatic N) is 2. The lowest BCUT2D eigenvalue weighted by Crippen LogP contribution is -2.30. The first kappa shape index (κ1) is 12.1. The van der Waals surface area contributed by atoms with Gasteiger partial charge in [-0.25, -0.2) is 0 Å². The molecule has 0 radical (unpaired) electrons. The van der Waals surface area contributed by atoms with Gasteiger partial charge in [-0.2, -0.15) is 4.99 Å². The van der Waals surface area contributed by atoms with Gasteiger partial charge in [-0.1, -0.05) is 0 Å². The Bertz CT molecular complexity index is 390. The predicted molar refractivity (Wildman–Crippen MR) is 64.3 cm³/mol. The fourth-order valence-electron chi connectivity index (χ4n) is 1.24. The Kier molecular flexibility index (Phi) is 4.38. The predicted octanol–water partition coefficient (Wildman–Crippen LogP) is -0.0207. The summed E-state index contributed by atoms with van der Waals surface area (Å²) >= 11 is 0. The van der Waals surface area contributed by atoms with E-state index >= 15 is 0 Å². The average Bonchev–Trinajstić information content (AvgIpc) is 2.62. The maximum Gasteiger partial charge on any atom is 0.220 e. The number of furan rings is 1. The van der Waals surface area contributed by atoms with Gasteiger partial charge >= 0.3 is 0 Å². The maximum atomic E-state index is 5.25.